The van der Waals surface area contributed by atoms with Gasteiger partial charge in [0.1, 0.15) is 0 Å². The van der Waals surface area contributed by atoms with Crippen LogP contribution in [0.25, 0.3) is 0 Å². The summed E-state index contributed by atoms with van der Waals surface area (Å²) in [7, 11) is -1.52. The Kier molecular flexibility index (Phi) is 6.60. The van der Waals surface area contributed by atoms with E-state index in [0.29, 0.717) is 24.1 Å². The number of rotatable bonds is 2. The van der Waals surface area contributed by atoms with E-state index in [1.807, 2.05) is 6.07 Å². The van der Waals surface area contributed by atoms with Crippen molar-refractivity contribution in [3.63, 3.8) is 0 Å². The highest BCUT2D eigenvalue weighted by Gasteiger charge is 2.43. The fraction of sp³-hybridized carbons (Fsp3) is 0.455. The fourth-order valence-corrected chi connectivity index (χ4v) is 4.74. The van der Waals surface area contributed by atoms with E-state index in [2.05, 4.69) is 36.2 Å². The van der Waals surface area contributed by atoms with Crippen LogP contribution in [0.15, 0.2) is 48.5 Å². The smallest absolute Gasteiger partial charge is 0.302 e. The monoisotopic (exact) mass is 441 g/mol. The van der Waals surface area contributed by atoms with E-state index >= 15 is 0 Å². The molecule has 4 rings (SSSR count). The van der Waals surface area contributed by atoms with Crippen LogP contribution in [0, 0.1) is 5.92 Å². The molecule has 1 aliphatic heterocycles. The van der Waals surface area contributed by atoms with E-state index in [1.54, 1.807) is 6.07 Å². The summed E-state index contributed by atoms with van der Waals surface area (Å²) in [5, 5.41) is 0. The van der Waals surface area contributed by atoms with Crippen LogP contribution in [-0.2, 0) is 29.1 Å². The minimum Gasteiger partial charge on any atom is -0.302 e. The van der Waals surface area contributed by atoms with Gasteiger partial charge in [-0.05, 0) is 61.1 Å². The number of fused-ring (bicyclic) bond motifs is 3. The lowest BCUT2D eigenvalue weighted by Crippen LogP contribution is -2.32. The summed E-state index contributed by atoms with van der Waals surface area (Å²) in [5.41, 5.74) is 2.84. The van der Waals surface area contributed by atoms with Crippen molar-refractivity contribution in [1.29, 1.82) is 0 Å². The largest absolute Gasteiger partial charge is 0.416 e. The molecule has 30 heavy (non-hydrogen) atoms. The Morgan fingerprint density at radius 2 is 1.77 bits per heavy atom. The molecule has 3 unspecified atom stereocenters. The summed E-state index contributed by atoms with van der Waals surface area (Å²) in [5.74, 6) is 0.874. The quantitative estimate of drug-likeness (QED) is 0.702. The molecule has 8 heteroatoms. The predicted octanol–water partition coefficient (Wildman–Crippen LogP) is 4.41. The zero-order valence-electron chi connectivity index (χ0n) is 16.9. The molecule has 1 aliphatic carbocycles. The Labute approximate surface area is 175 Å². The van der Waals surface area contributed by atoms with Gasteiger partial charge in [0, 0.05) is 18.5 Å². The molecule has 0 amide bonds. The third-order valence-corrected chi connectivity index (χ3v) is 5.97. The topological polar surface area (TPSA) is 57.6 Å². The van der Waals surface area contributed by atoms with Gasteiger partial charge in [-0.2, -0.15) is 21.6 Å². The summed E-state index contributed by atoms with van der Waals surface area (Å²) in [6, 6.07) is 15.3. The molecule has 2 aliphatic rings. The van der Waals surface area contributed by atoms with Gasteiger partial charge in [-0.15, -0.1) is 0 Å². The highest BCUT2D eigenvalue weighted by molar-refractivity contribution is 7.85. The van der Waals surface area contributed by atoms with E-state index in [1.165, 1.54) is 17.7 Å². The molecule has 0 bridgehead atoms. The first kappa shape index (κ1) is 22.8. The van der Waals surface area contributed by atoms with Gasteiger partial charge in [0.25, 0.3) is 10.1 Å². The van der Waals surface area contributed by atoms with Gasteiger partial charge in [-0.1, -0.05) is 36.4 Å². The highest BCUT2D eigenvalue weighted by atomic mass is 32.2. The first-order valence-corrected chi connectivity index (χ1v) is 11.6. The van der Waals surface area contributed by atoms with Crippen LogP contribution in [0.5, 0.6) is 0 Å². The molecule has 1 heterocycles. The Balaban J connectivity index is 0.000000461. The van der Waals surface area contributed by atoms with Gasteiger partial charge in [-0.25, -0.2) is 0 Å². The van der Waals surface area contributed by atoms with Gasteiger partial charge in [0.15, 0.2) is 0 Å². The fourth-order valence-electron chi connectivity index (χ4n) is 4.74. The maximum absolute atomic E-state index is 13.0. The first-order valence-electron chi connectivity index (χ1n) is 9.80. The molecule has 0 radical (unpaired) electrons. The molecule has 1 saturated heterocycles. The average Bonchev–Trinajstić information content (AvgIpc) is 2.96. The molecule has 164 valence electrons. The van der Waals surface area contributed by atoms with Crippen LogP contribution in [0.4, 0.5) is 13.2 Å². The normalized spacial score (nSPS) is 23.9. The Morgan fingerprint density at radius 3 is 2.37 bits per heavy atom. The maximum Gasteiger partial charge on any atom is 0.416 e. The number of aryl methyl sites for hydroxylation is 1. The molecule has 0 saturated carbocycles. The van der Waals surface area contributed by atoms with E-state index in [4.69, 9.17) is 4.55 Å². The summed E-state index contributed by atoms with van der Waals surface area (Å²) < 4.78 is 64.8. The van der Waals surface area contributed by atoms with E-state index in [-0.39, 0.29) is 0 Å². The molecule has 2 aromatic carbocycles. The minimum absolute atomic E-state index is 0.352. The number of halogens is 3. The third kappa shape index (κ3) is 5.62. The minimum atomic E-state index is -4.26. The first-order chi connectivity index (χ1) is 13.9. The van der Waals surface area contributed by atoms with Crippen LogP contribution in [0.2, 0.25) is 0 Å². The standard InChI is InChI=1S/C21H22F3N.CH4O3S/c1-25-13-19-17-10-8-16(21(22,23)24)12-15(17)7-9-18(19)20(25)11-14-5-3-2-4-6-14;1-5(2,3)4/h2-6,8,10,12,18-20H,7,9,11,13H2,1H3;1H3,(H,2,3,4). The number of benzene rings is 2. The van der Waals surface area contributed by atoms with Gasteiger partial charge >= 0.3 is 6.18 Å². The number of alkyl halides is 3. The van der Waals surface area contributed by atoms with Crippen molar-refractivity contribution < 1.29 is 26.1 Å². The summed E-state index contributed by atoms with van der Waals surface area (Å²) >= 11 is 0. The average molecular weight is 442 g/mol. The van der Waals surface area contributed by atoms with Crippen molar-refractivity contribution in [2.75, 3.05) is 19.8 Å². The van der Waals surface area contributed by atoms with Crippen molar-refractivity contribution >= 4 is 10.1 Å². The zero-order valence-corrected chi connectivity index (χ0v) is 17.7. The number of likely N-dealkylation sites (N-methyl/N-ethyl adjacent to an activating group) is 1. The Bertz CT molecular complexity index is 969. The number of likely N-dealkylation sites (tertiary alicyclic amines) is 1. The lowest BCUT2D eigenvalue weighted by atomic mass is 9.73. The van der Waals surface area contributed by atoms with Gasteiger partial charge < -0.3 is 4.90 Å². The molecule has 1 N–H and O–H groups in total. The predicted molar refractivity (Wildman–Crippen MR) is 110 cm³/mol. The molecule has 2 aromatic rings. The van der Waals surface area contributed by atoms with Crippen molar-refractivity contribution in [2.24, 2.45) is 5.92 Å². The van der Waals surface area contributed by atoms with Crippen LogP contribution in [-0.4, -0.2) is 43.8 Å². The zero-order chi connectivity index (χ0) is 22.1. The van der Waals surface area contributed by atoms with Crippen LogP contribution in [0.1, 0.15) is 34.6 Å². The molecular formula is C22H26F3NO3S. The Hall–Kier alpha value is -1.90. The summed E-state index contributed by atoms with van der Waals surface area (Å²) in [4.78, 5) is 2.40. The van der Waals surface area contributed by atoms with Crippen LogP contribution in [0.3, 0.4) is 0 Å². The van der Waals surface area contributed by atoms with Crippen molar-refractivity contribution in [3.8, 4) is 0 Å². The van der Waals surface area contributed by atoms with Crippen molar-refractivity contribution in [3.05, 3.63) is 70.8 Å². The van der Waals surface area contributed by atoms with E-state index in [9.17, 15) is 21.6 Å². The number of nitrogens with zero attached hydrogens (tertiary/aromatic N) is 1. The highest BCUT2D eigenvalue weighted by Crippen LogP contribution is 2.46. The van der Waals surface area contributed by atoms with Crippen LogP contribution < -0.4 is 0 Å². The van der Waals surface area contributed by atoms with Gasteiger partial charge in [0.05, 0.1) is 11.8 Å². The summed E-state index contributed by atoms with van der Waals surface area (Å²) in [6.45, 7) is 0.931. The van der Waals surface area contributed by atoms with Crippen LogP contribution >= 0.6 is 0 Å². The molecule has 0 aromatic heterocycles. The third-order valence-electron chi connectivity index (χ3n) is 5.97. The summed E-state index contributed by atoms with van der Waals surface area (Å²) in [6.07, 6.45) is -0.809. The van der Waals surface area contributed by atoms with E-state index < -0.39 is 21.9 Å². The van der Waals surface area contributed by atoms with Crippen molar-refractivity contribution in [2.45, 2.75) is 37.4 Å². The lowest BCUT2D eigenvalue weighted by Gasteiger charge is -2.32. The second-order valence-corrected chi connectivity index (χ2v) is 9.62. The van der Waals surface area contributed by atoms with Gasteiger partial charge in [-0.3, -0.25) is 4.55 Å². The SMILES string of the molecule is CN1CC2c3ccc(C(F)(F)F)cc3CCC2C1Cc1ccccc1.CS(=O)(=O)O. The molecular weight excluding hydrogens is 415 g/mol. The number of hydrogen-bond acceptors (Lipinski definition) is 3. The number of hydrogen-bond donors (Lipinski definition) is 1. The lowest BCUT2D eigenvalue weighted by molar-refractivity contribution is -0.137. The van der Waals surface area contributed by atoms with E-state index in [0.717, 1.165) is 36.9 Å². The molecule has 3 atom stereocenters. The maximum atomic E-state index is 13.0. The molecule has 0 spiro atoms. The second kappa shape index (κ2) is 8.69. The van der Waals surface area contributed by atoms with Gasteiger partial charge in [0.2, 0.25) is 0 Å². The molecule has 1 fully saturated rings. The Morgan fingerprint density at radius 1 is 1.13 bits per heavy atom. The second-order valence-electron chi connectivity index (χ2n) is 8.15. The van der Waals surface area contributed by atoms with Crippen molar-refractivity contribution in [1.82, 2.24) is 4.90 Å². The molecule has 4 nitrogen and oxygen atoms in total.